The van der Waals surface area contributed by atoms with Crippen LogP contribution in [0, 0.1) is 0 Å². The number of ether oxygens (including phenoxy) is 3. The molecule has 0 aromatic heterocycles. The molecule has 1 N–H and O–H groups in total. The van der Waals surface area contributed by atoms with E-state index in [1.807, 2.05) is 6.92 Å². The molecule has 0 amide bonds. The maximum Gasteiger partial charge on any atom is 0.371 e. The van der Waals surface area contributed by atoms with E-state index < -0.39 is 5.97 Å². The number of phenols is 1. The summed E-state index contributed by atoms with van der Waals surface area (Å²) in [4.78, 5) is 0. The minimum absolute atomic E-state index is 0.0718. The van der Waals surface area contributed by atoms with Gasteiger partial charge in [0.2, 0.25) is 5.75 Å². The van der Waals surface area contributed by atoms with E-state index in [-0.39, 0.29) is 5.75 Å². The third-order valence-electron chi connectivity index (χ3n) is 2.35. The zero-order valence-electron chi connectivity index (χ0n) is 8.82. The van der Waals surface area contributed by atoms with Gasteiger partial charge in [-0.25, -0.2) is 0 Å². The second-order valence-corrected chi connectivity index (χ2v) is 3.45. The zero-order valence-corrected chi connectivity index (χ0v) is 8.82. The van der Waals surface area contributed by atoms with E-state index in [9.17, 15) is 5.11 Å². The third kappa shape index (κ3) is 1.61. The van der Waals surface area contributed by atoms with Crippen LogP contribution in [0.2, 0.25) is 0 Å². The van der Waals surface area contributed by atoms with Gasteiger partial charge in [0.1, 0.15) is 0 Å². The first kappa shape index (κ1) is 10.1. The molecule has 2 rings (SSSR count). The van der Waals surface area contributed by atoms with E-state index in [0.717, 1.165) is 6.42 Å². The molecular formula is C11H14O4. The van der Waals surface area contributed by atoms with Crippen molar-refractivity contribution in [2.24, 2.45) is 0 Å². The summed E-state index contributed by atoms with van der Waals surface area (Å²) in [5.41, 5.74) is 0. The quantitative estimate of drug-likeness (QED) is 0.831. The first-order chi connectivity index (χ1) is 7.21. The topological polar surface area (TPSA) is 47.9 Å². The summed E-state index contributed by atoms with van der Waals surface area (Å²) >= 11 is 0. The molecule has 0 saturated carbocycles. The Morgan fingerprint density at radius 3 is 2.80 bits per heavy atom. The second-order valence-electron chi connectivity index (χ2n) is 3.45. The van der Waals surface area contributed by atoms with Gasteiger partial charge in [0, 0.05) is 7.11 Å². The molecule has 1 unspecified atom stereocenters. The van der Waals surface area contributed by atoms with Gasteiger partial charge in [0.15, 0.2) is 11.5 Å². The smallest absolute Gasteiger partial charge is 0.371 e. The maximum absolute atomic E-state index is 9.57. The monoisotopic (exact) mass is 210 g/mol. The number of phenolic OH excluding ortho intramolecular Hbond substituents is 1. The Morgan fingerprint density at radius 2 is 2.20 bits per heavy atom. The average Bonchev–Trinajstić information content (AvgIpc) is 2.59. The lowest BCUT2D eigenvalue weighted by Crippen LogP contribution is -2.40. The lowest BCUT2D eigenvalue weighted by molar-refractivity contribution is -0.272. The summed E-state index contributed by atoms with van der Waals surface area (Å²) in [6.07, 6.45) is 1.47. The fourth-order valence-electron chi connectivity index (χ4n) is 1.62. The average molecular weight is 210 g/mol. The van der Waals surface area contributed by atoms with Crippen molar-refractivity contribution >= 4 is 0 Å². The summed E-state index contributed by atoms with van der Waals surface area (Å²) < 4.78 is 16.3. The Morgan fingerprint density at radius 1 is 1.40 bits per heavy atom. The molecule has 1 aliphatic heterocycles. The number of fused-ring (bicyclic) bond motifs is 1. The van der Waals surface area contributed by atoms with Crippen molar-refractivity contribution in [3.8, 4) is 17.2 Å². The fraction of sp³-hybridized carbons (Fsp3) is 0.455. The van der Waals surface area contributed by atoms with Crippen molar-refractivity contribution in [2.45, 2.75) is 25.7 Å². The molecule has 4 heteroatoms. The Balaban J connectivity index is 2.31. The molecule has 1 heterocycles. The Hall–Kier alpha value is -1.42. The van der Waals surface area contributed by atoms with Gasteiger partial charge in [0.05, 0.1) is 6.42 Å². The van der Waals surface area contributed by atoms with Crippen molar-refractivity contribution in [2.75, 3.05) is 7.11 Å². The summed E-state index contributed by atoms with van der Waals surface area (Å²) in [5.74, 6) is -0.128. The van der Waals surface area contributed by atoms with Crippen molar-refractivity contribution in [3.05, 3.63) is 18.2 Å². The summed E-state index contributed by atoms with van der Waals surface area (Å²) in [7, 11) is 1.53. The number of hydrogen-bond donors (Lipinski definition) is 1. The van der Waals surface area contributed by atoms with Crippen LogP contribution < -0.4 is 9.47 Å². The second kappa shape index (κ2) is 3.62. The lowest BCUT2D eigenvalue weighted by Gasteiger charge is -2.24. The standard InChI is InChI=1S/C11H14O4/c1-3-7-11(13-2)14-9-6-4-5-8(12)10(9)15-11/h4-6,12H,3,7H2,1-2H3. The molecule has 1 aliphatic rings. The molecule has 0 spiro atoms. The maximum atomic E-state index is 9.57. The van der Waals surface area contributed by atoms with Crippen LogP contribution in [0.3, 0.4) is 0 Å². The van der Waals surface area contributed by atoms with Crippen LogP contribution >= 0.6 is 0 Å². The number of benzene rings is 1. The van der Waals surface area contributed by atoms with Crippen LogP contribution in [0.25, 0.3) is 0 Å². The molecule has 4 nitrogen and oxygen atoms in total. The zero-order chi connectivity index (χ0) is 10.9. The van der Waals surface area contributed by atoms with Gasteiger partial charge in [-0.05, 0) is 18.6 Å². The van der Waals surface area contributed by atoms with E-state index in [1.165, 1.54) is 7.11 Å². The van der Waals surface area contributed by atoms with Crippen molar-refractivity contribution in [1.29, 1.82) is 0 Å². The van der Waals surface area contributed by atoms with E-state index in [1.54, 1.807) is 18.2 Å². The van der Waals surface area contributed by atoms with Crippen LogP contribution in [0.1, 0.15) is 19.8 Å². The van der Waals surface area contributed by atoms with Crippen molar-refractivity contribution < 1.29 is 19.3 Å². The van der Waals surface area contributed by atoms with E-state index in [4.69, 9.17) is 14.2 Å². The normalized spacial score (nSPS) is 23.1. The Labute approximate surface area is 88.4 Å². The summed E-state index contributed by atoms with van der Waals surface area (Å²) in [6, 6.07) is 5.00. The lowest BCUT2D eigenvalue weighted by atomic mass is 10.3. The van der Waals surface area contributed by atoms with Crippen LogP contribution in [0.4, 0.5) is 0 Å². The van der Waals surface area contributed by atoms with Crippen LogP contribution in [-0.4, -0.2) is 18.2 Å². The molecule has 1 atom stereocenters. The predicted octanol–water partition coefficient (Wildman–Crippen LogP) is 2.26. The first-order valence-corrected chi connectivity index (χ1v) is 4.96. The number of aromatic hydroxyl groups is 1. The van der Waals surface area contributed by atoms with Crippen molar-refractivity contribution in [1.82, 2.24) is 0 Å². The highest BCUT2D eigenvalue weighted by atomic mass is 16.9. The van der Waals surface area contributed by atoms with Gasteiger partial charge in [-0.15, -0.1) is 0 Å². The number of para-hydroxylation sites is 1. The van der Waals surface area contributed by atoms with Crippen molar-refractivity contribution in [3.63, 3.8) is 0 Å². The summed E-state index contributed by atoms with van der Waals surface area (Å²) in [6.45, 7) is 2.01. The molecule has 0 radical (unpaired) electrons. The van der Waals surface area contributed by atoms with Crippen LogP contribution in [0.5, 0.6) is 17.2 Å². The van der Waals surface area contributed by atoms with Crippen LogP contribution in [0.15, 0.2) is 18.2 Å². The van der Waals surface area contributed by atoms with E-state index in [2.05, 4.69) is 0 Å². The number of hydrogen-bond acceptors (Lipinski definition) is 4. The minimum atomic E-state index is -1.07. The highest BCUT2D eigenvalue weighted by molar-refractivity contribution is 5.52. The fourth-order valence-corrected chi connectivity index (χ4v) is 1.62. The molecular weight excluding hydrogens is 196 g/mol. The van der Waals surface area contributed by atoms with Gasteiger partial charge in [-0.1, -0.05) is 13.0 Å². The Kier molecular flexibility index (Phi) is 2.44. The van der Waals surface area contributed by atoms with E-state index >= 15 is 0 Å². The third-order valence-corrected chi connectivity index (χ3v) is 2.35. The minimum Gasteiger partial charge on any atom is -0.504 e. The molecule has 1 aromatic rings. The van der Waals surface area contributed by atoms with Gasteiger partial charge >= 0.3 is 5.97 Å². The van der Waals surface area contributed by atoms with Gasteiger partial charge in [0.25, 0.3) is 0 Å². The molecule has 0 bridgehead atoms. The number of methoxy groups -OCH3 is 1. The van der Waals surface area contributed by atoms with Crippen LogP contribution in [-0.2, 0) is 4.74 Å². The molecule has 0 aliphatic carbocycles. The van der Waals surface area contributed by atoms with Gasteiger partial charge in [-0.3, -0.25) is 0 Å². The number of rotatable bonds is 3. The molecule has 15 heavy (non-hydrogen) atoms. The predicted molar refractivity (Wildman–Crippen MR) is 54.0 cm³/mol. The highest BCUT2D eigenvalue weighted by Crippen LogP contribution is 2.46. The highest BCUT2D eigenvalue weighted by Gasteiger charge is 2.42. The van der Waals surface area contributed by atoms with Gasteiger partial charge in [-0.2, -0.15) is 0 Å². The molecule has 1 aromatic carbocycles. The molecule has 0 fully saturated rings. The SMILES string of the molecule is CCCC1(OC)Oc2cccc(O)c2O1. The first-order valence-electron chi connectivity index (χ1n) is 4.96. The van der Waals surface area contributed by atoms with E-state index in [0.29, 0.717) is 17.9 Å². The Bertz CT molecular complexity index is 364. The molecule has 0 saturated heterocycles. The largest absolute Gasteiger partial charge is 0.504 e. The summed E-state index contributed by atoms with van der Waals surface area (Å²) in [5, 5.41) is 9.57. The van der Waals surface area contributed by atoms with Gasteiger partial charge < -0.3 is 19.3 Å². The molecule has 82 valence electrons.